The van der Waals surface area contributed by atoms with Gasteiger partial charge in [0, 0.05) is 30.7 Å². The highest BCUT2D eigenvalue weighted by Gasteiger charge is 2.34. The van der Waals surface area contributed by atoms with Crippen molar-refractivity contribution in [1.82, 2.24) is 10.6 Å². The SMILES string of the molecule is CC(C)(COS(=O)[O-])C(O)C(=O)NCCC(=O)NCCS. The van der Waals surface area contributed by atoms with Gasteiger partial charge in [0.15, 0.2) is 0 Å². The molecule has 21 heavy (non-hydrogen) atoms. The predicted molar refractivity (Wildman–Crippen MR) is 79.1 cm³/mol. The Morgan fingerprint density at radius 2 is 2.00 bits per heavy atom. The first kappa shape index (κ1) is 20.3. The van der Waals surface area contributed by atoms with E-state index in [-0.39, 0.29) is 25.5 Å². The van der Waals surface area contributed by atoms with Gasteiger partial charge in [0.2, 0.25) is 11.8 Å². The van der Waals surface area contributed by atoms with Gasteiger partial charge in [-0.25, -0.2) is 4.21 Å². The molecule has 0 bridgehead atoms. The molecule has 2 atom stereocenters. The average molecular weight is 341 g/mol. The quantitative estimate of drug-likeness (QED) is 0.290. The normalized spacial score (nSPS) is 14.3. The molecule has 0 heterocycles. The van der Waals surface area contributed by atoms with Crippen molar-refractivity contribution >= 4 is 35.8 Å². The zero-order valence-corrected chi connectivity index (χ0v) is 13.7. The van der Waals surface area contributed by atoms with Crippen molar-refractivity contribution in [2.24, 2.45) is 5.41 Å². The second-order valence-electron chi connectivity index (χ2n) is 4.97. The number of hydrogen-bond donors (Lipinski definition) is 4. The Labute approximate surface area is 131 Å². The molecule has 0 aromatic carbocycles. The fraction of sp³-hybridized carbons (Fsp3) is 0.818. The molecule has 0 rings (SSSR count). The molecule has 0 aliphatic rings. The third-order valence-electron chi connectivity index (χ3n) is 2.60. The van der Waals surface area contributed by atoms with Gasteiger partial charge < -0.3 is 24.5 Å². The third kappa shape index (κ3) is 9.04. The zero-order valence-electron chi connectivity index (χ0n) is 12.0. The van der Waals surface area contributed by atoms with E-state index < -0.39 is 28.8 Å². The molecular weight excluding hydrogens is 320 g/mol. The van der Waals surface area contributed by atoms with E-state index in [9.17, 15) is 23.5 Å². The molecule has 2 amide bonds. The van der Waals surface area contributed by atoms with E-state index >= 15 is 0 Å². The van der Waals surface area contributed by atoms with Gasteiger partial charge in [-0.2, -0.15) is 12.6 Å². The molecule has 0 fully saturated rings. The van der Waals surface area contributed by atoms with E-state index in [0.717, 1.165) is 0 Å². The topological polar surface area (TPSA) is 128 Å². The van der Waals surface area contributed by atoms with Gasteiger partial charge in [-0.1, -0.05) is 13.8 Å². The largest absolute Gasteiger partial charge is 0.750 e. The number of amides is 2. The van der Waals surface area contributed by atoms with Crippen molar-refractivity contribution in [3.63, 3.8) is 0 Å². The third-order valence-corrected chi connectivity index (χ3v) is 3.13. The van der Waals surface area contributed by atoms with Crippen molar-refractivity contribution in [2.75, 3.05) is 25.4 Å². The van der Waals surface area contributed by atoms with Gasteiger partial charge in [-0.3, -0.25) is 9.59 Å². The van der Waals surface area contributed by atoms with Gasteiger partial charge in [0.05, 0.1) is 18.0 Å². The van der Waals surface area contributed by atoms with Crippen molar-refractivity contribution < 1.29 is 27.6 Å². The molecule has 0 aromatic rings. The second-order valence-corrected chi connectivity index (χ2v) is 6.06. The maximum atomic E-state index is 11.7. The van der Waals surface area contributed by atoms with E-state index in [2.05, 4.69) is 27.4 Å². The summed E-state index contributed by atoms with van der Waals surface area (Å²) in [6, 6.07) is 0. The molecule has 3 N–H and O–H groups in total. The summed E-state index contributed by atoms with van der Waals surface area (Å²) in [5, 5.41) is 14.8. The first-order valence-corrected chi connectivity index (χ1v) is 7.90. The lowest BCUT2D eigenvalue weighted by atomic mass is 9.87. The number of aliphatic hydroxyl groups excluding tert-OH is 1. The smallest absolute Gasteiger partial charge is 0.249 e. The first-order valence-electron chi connectivity index (χ1n) is 6.26. The Balaban J connectivity index is 4.14. The monoisotopic (exact) mass is 341 g/mol. The lowest BCUT2D eigenvalue weighted by Gasteiger charge is -2.29. The number of rotatable bonds is 10. The Hall–Kier alpha value is -0.680. The molecule has 0 aliphatic heterocycles. The summed E-state index contributed by atoms with van der Waals surface area (Å²) in [5.74, 6) is -0.406. The minimum Gasteiger partial charge on any atom is -0.750 e. The molecule has 2 unspecified atom stereocenters. The highest BCUT2D eigenvalue weighted by atomic mass is 32.2. The minimum atomic E-state index is -2.71. The molecule has 0 aromatic heterocycles. The maximum absolute atomic E-state index is 11.7. The number of thiol groups is 1. The van der Waals surface area contributed by atoms with Crippen LogP contribution in [0.4, 0.5) is 0 Å². The fourth-order valence-electron chi connectivity index (χ4n) is 1.31. The standard InChI is InChI=1S/C11H22N2O6S2/c1-11(2,7-19-21(17)18)9(15)10(16)13-4-3-8(14)12-5-6-20/h9,15,20H,3-7H2,1-2H3,(H,12,14)(H,13,16)(H,17,18)/p-1. The molecule has 8 nitrogen and oxygen atoms in total. The molecule has 0 saturated carbocycles. The molecule has 0 saturated heterocycles. The van der Waals surface area contributed by atoms with E-state index in [1.807, 2.05) is 0 Å². The van der Waals surface area contributed by atoms with Crippen LogP contribution in [0.2, 0.25) is 0 Å². The molecule has 0 radical (unpaired) electrons. The molecule has 0 aliphatic carbocycles. The lowest BCUT2D eigenvalue weighted by Crippen LogP contribution is -2.46. The van der Waals surface area contributed by atoms with Gasteiger partial charge in [0.25, 0.3) is 0 Å². The van der Waals surface area contributed by atoms with Crippen molar-refractivity contribution in [3.05, 3.63) is 0 Å². The Morgan fingerprint density at radius 1 is 1.38 bits per heavy atom. The van der Waals surface area contributed by atoms with Crippen molar-refractivity contribution in [2.45, 2.75) is 26.4 Å². The predicted octanol–water partition coefficient (Wildman–Crippen LogP) is -1.26. The van der Waals surface area contributed by atoms with E-state index in [0.29, 0.717) is 12.3 Å². The number of aliphatic hydroxyl groups is 1. The van der Waals surface area contributed by atoms with Gasteiger partial charge >= 0.3 is 0 Å². The summed E-state index contributed by atoms with van der Waals surface area (Å²) in [5.41, 5.74) is -1.08. The average Bonchev–Trinajstić information content (AvgIpc) is 2.42. The Kier molecular flexibility index (Phi) is 9.79. The molecule has 124 valence electrons. The Bertz CT molecular complexity index is 378. The molecule has 10 heteroatoms. The van der Waals surface area contributed by atoms with E-state index in [4.69, 9.17) is 0 Å². The summed E-state index contributed by atoms with van der Waals surface area (Å²) in [4.78, 5) is 23.0. The summed E-state index contributed by atoms with van der Waals surface area (Å²) in [7, 11) is 0. The van der Waals surface area contributed by atoms with Crippen molar-refractivity contribution in [3.8, 4) is 0 Å². The number of hydrogen-bond acceptors (Lipinski definition) is 7. The molecule has 0 spiro atoms. The van der Waals surface area contributed by atoms with Crippen LogP contribution in [0.3, 0.4) is 0 Å². The van der Waals surface area contributed by atoms with E-state index in [1.54, 1.807) is 0 Å². The van der Waals surface area contributed by atoms with Crippen LogP contribution in [-0.2, 0) is 25.1 Å². The lowest BCUT2D eigenvalue weighted by molar-refractivity contribution is -0.136. The highest BCUT2D eigenvalue weighted by molar-refractivity contribution is 7.80. The summed E-state index contributed by atoms with van der Waals surface area (Å²) >= 11 is 1.23. The zero-order chi connectivity index (χ0) is 16.5. The first-order chi connectivity index (χ1) is 9.70. The van der Waals surface area contributed by atoms with Crippen LogP contribution >= 0.6 is 12.6 Å². The van der Waals surface area contributed by atoms with Gasteiger partial charge in [-0.15, -0.1) is 0 Å². The number of nitrogens with one attached hydrogen (secondary N) is 2. The highest BCUT2D eigenvalue weighted by Crippen LogP contribution is 2.21. The second kappa shape index (κ2) is 10.1. The number of carbonyl (C=O) groups is 2. The summed E-state index contributed by atoms with van der Waals surface area (Å²) in [6.45, 7) is 3.15. The van der Waals surface area contributed by atoms with Crippen LogP contribution in [-0.4, -0.2) is 57.2 Å². The fourth-order valence-corrected chi connectivity index (χ4v) is 1.83. The summed E-state index contributed by atoms with van der Waals surface area (Å²) < 4.78 is 25.0. The van der Waals surface area contributed by atoms with E-state index in [1.165, 1.54) is 13.8 Å². The van der Waals surface area contributed by atoms with Crippen LogP contribution in [0.15, 0.2) is 0 Å². The van der Waals surface area contributed by atoms with Crippen LogP contribution in [0, 0.1) is 5.41 Å². The van der Waals surface area contributed by atoms with Crippen molar-refractivity contribution in [1.29, 1.82) is 0 Å². The van der Waals surface area contributed by atoms with Crippen LogP contribution in [0.1, 0.15) is 20.3 Å². The summed E-state index contributed by atoms with van der Waals surface area (Å²) in [6.07, 6.45) is -1.38. The maximum Gasteiger partial charge on any atom is 0.249 e. The van der Waals surface area contributed by atoms with Gasteiger partial charge in [0.1, 0.15) is 6.10 Å². The molecular formula is C11H21N2O6S2-. The van der Waals surface area contributed by atoms with Crippen LogP contribution in [0.5, 0.6) is 0 Å². The van der Waals surface area contributed by atoms with Gasteiger partial charge in [-0.05, 0) is 0 Å². The van der Waals surface area contributed by atoms with Crippen LogP contribution < -0.4 is 10.6 Å². The Morgan fingerprint density at radius 3 is 2.52 bits per heavy atom. The van der Waals surface area contributed by atoms with Crippen LogP contribution in [0.25, 0.3) is 0 Å². The number of carbonyl (C=O) groups excluding carboxylic acids is 2. The minimum absolute atomic E-state index is 0.0682.